The van der Waals surface area contributed by atoms with Crippen molar-refractivity contribution in [1.29, 1.82) is 0 Å². The number of fused-ring (bicyclic) bond motifs is 1. The Labute approximate surface area is 215 Å². The lowest BCUT2D eigenvalue weighted by atomic mass is 9.66. The average Bonchev–Trinajstić information content (AvgIpc) is 3.40. The number of nitrogens with zero attached hydrogens (tertiary/aromatic N) is 2. The third kappa shape index (κ3) is 4.86. The van der Waals surface area contributed by atoms with Crippen molar-refractivity contribution in [2.24, 2.45) is 17.8 Å². The number of aliphatic hydroxyl groups is 1. The standard InChI is InChI=1S/C28H44N2O6/c1-7-10-11-15-29(14-8-2)25(33)23-28-13-12-27(6,36-28)22(26(34)35-16-9-3)21(28)24(32)30(23)20(18-31)17-19(4)5/h8-9,19-23,31H,2-3,7,10-18H2,1,4-6H3/t20-,21+,22-,23?,27+,28?/m1/s1. The molecule has 202 valence electrons. The minimum atomic E-state index is -1.13. The van der Waals surface area contributed by atoms with Crippen molar-refractivity contribution in [3.8, 4) is 0 Å². The van der Waals surface area contributed by atoms with Crippen LogP contribution >= 0.6 is 0 Å². The molecule has 3 aliphatic heterocycles. The molecule has 2 unspecified atom stereocenters. The molecule has 3 aliphatic rings. The number of aliphatic hydroxyl groups excluding tert-OH is 1. The number of esters is 1. The van der Waals surface area contributed by atoms with Gasteiger partial charge in [0.1, 0.15) is 24.2 Å². The normalized spacial score (nSPS) is 31.4. The number of carbonyl (C=O) groups is 3. The molecule has 2 amide bonds. The lowest BCUT2D eigenvalue weighted by Crippen LogP contribution is -2.59. The van der Waals surface area contributed by atoms with Crippen molar-refractivity contribution >= 4 is 17.8 Å². The number of hydrogen-bond donors (Lipinski definition) is 1. The predicted octanol–water partition coefficient (Wildman–Crippen LogP) is 3.09. The zero-order chi connectivity index (χ0) is 26.7. The smallest absolute Gasteiger partial charge is 0.313 e. The summed E-state index contributed by atoms with van der Waals surface area (Å²) in [4.78, 5) is 44.9. The molecular weight excluding hydrogens is 460 g/mol. The number of amides is 2. The molecule has 3 heterocycles. The summed E-state index contributed by atoms with van der Waals surface area (Å²) in [5, 5.41) is 10.4. The monoisotopic (exact) mass is 504 g/mol. The molecule has 3 fully saturated rings. The van der Waals surface area contributed by atoms with Gasteiger partial charge in [-0.15, -0.1) is 6.58 Å². The molecule has 6 atom stereocenters. The molecule has 8 nitrogen and oxygen atoms in total. The van der Waals surface area contributed by atoms with Crippen LogP contribution in [0.15, 0.2) is 25.3 Å². The first-order chi connectivity index (χ1) is 17.1. The second-order valence-corrected chi connectivity index (χ2v) is 11.1. The van der Waals surface area contributed by atoms with Crippen LogP contribution in [0.1, 0.15) is 66.2 Å². The maximum Gasteiger partial charge on any atom is 0.313 e. The Balaban J connectivity index is 2.08. The first kappa shape index (κ1) is 28.4. The zero-order valence-electron chi connectivity index (χ0n) is 22.4. The lowest BCUT2D eigenvalue weighted by Gasteiger charge is -2.40. The minimum Gasteiger partial charge on any atom is -0.461 e. The van der Waals surface area contributed by atoms with Crippen LogP contribution < -0.4 is 0 Å². The molecule has 0 aliphatic carbocycles. The van der Waals surface area contributed by atoms with Crippen molar-refractivity contribution in [2.45, 2.75) is 89.5 Å². The summed E-state index contributed by atoms with van der Waals surface area (Å²) in [6, 6.07) is -1.46. The maximum absolute atomic E-state index is 14.3. The Morgan fingerprint density at radius 2 is 2.00 bits per heavy atom. The van der Waals surface area contributed by atoms with Gasteiger partial charge in [0.05, 0.1) is 24.2 Å². The molecule has 3 rings (SSSR count). The topological polar surface area (TPSA) is 96.4 Å². The number of unbranched alkanes of at least 4 members (excludes halogenated alkanes) is 2. The quantitative estimate of drug-likeness (QED) is 0.222. The van der Waals surface area contributed by atoms with E-state index in [-0.39, 0.29) is 30.9 Å². The molecule has 3 saturated heterocycles. The average molecular weight is 505 g/mol. The molecule has 0 aromatic carbocycles. The summed E-state index contributed by atoms with van der Waals surface area (Å²) in [6.45, 7) is 16.1. The maximum atomic E-state index is 14.3. The molecule has 0 aromatic rings. The number of hydrogen-bond acceptors (Lipinski definition) is 6. The number of rotatable bonds is 14. The van der Waals surface area contributed by atoms with Crippen molar-refractivity contribution < 1.29 is 29.0 Å². The highest BCUT2D eigenvalue weighted by Gasteiger charge is 2.79. The van der Waals surface area contributed by atoms with Gasteiger partial charge in [-0.2, -0.15) is 0 Å². The summed E-state index contributed by atoms with van der Waals surface area (Å²) >= 11 is 0. The minimum absolute atomic E-state index is 0.0442. The van der Waals surface area contributed by atoms with E-state index in [2.05, 4.69) is 20.1 Å². The van der Waals surface area contributed by atoms with Crippen LogP contribution in [-0.2, 0) is 23.9 Å². The van der Waals surface area contributed by atoms with Gasteiger partial charge in [0, 0.05) is 13.1 Å². The van der Waals surface area contributed by atoms with Gasteiger partial charge in [0.25, 0.3) is 0 Å². The van der Waals surface area contributed by atoms with E-state index in [9.17, 15) is 19.5 Å². The number of ether oxygens (including phenoxy) is 2. The Bertz CT molecular complexity index is 859. The van der Waals surface area contributed by atoms with Crippen LogP contribution in [0.5, 0.6) is 0 Å². The summed E-state index contributed by atoms with van der Waals surface area (Å²) in [5.41, 5.74) is -2.02. The van der Waals surface area contributed by atoms with Crippen molar-refractivity contribution in [3.63, 3.8) is 0 Å². The largest absolute Gasteiger partial charge is 0.461 e. The second-order valence-electron chi connectivity index (χ2n) is 11.1. The molecule has 1 N–H and O–H groups in total. The van der Waals surface area contributed by atoms with E-state index in [4.69, 9.17) is 9.47 Å². The van der Waals surface area contributed by atoms with Crippen molar-refractivity contribution in [3.05, 3.63) is 25.3 Å². The molecule has 36 heavy (non-hydrogen) atoms. The number of likely N-dealkylation sites (tertiary alicyclic amines) is 1. The fourth-order valence-corrected chi connectivity index (χ4v) is 6.62. The first-order valence-electron chi connectivity index (χ1n) is 13.4. The van der Waals surface area contributed by atoms with Crippen LogP contribution in [0.25, 0.3) is 0 Å². The van der Waals surface area contributed by atoms with Gasteiger partial charge in [-0.25, -0.2) is 0 Å². The fourth-order valence-electron chi connectivity index (χ4n) is 6.62. The van der Waals surface area contributed by atoms with E-state index in [1.807, 2.05) is 20.8 Å². The highest BCUT2D eigenvalue weighted by Crippen LogP contribution is 2.63. The summed E-state index contributed by atoms with van der Waals surface area (Å²) in [7, 11) is 0. The van der Waals surface area contributed by atoms with Gasteiger partial charge in [-0.1, -0.05) is 52.3 Å². The van der Waals surface area contributed by atoms with E-state index in [0.717, 1.165) is 19.3 Å². The zero-order valence-corrected chi connectivity index (χ0v) is 22.4. The Hall–Kier alpha value is -2.19. The van der Waals surface area contributed by atoms with Crippen LogP contribution in [0.4, 0.5) is 0 Å². The van der Waals surface area contributed by atoms with E-state index < -0.39 is 41.1 Å². The molecule has 0 aromatic heterocycles. The SMILES string of the molecule is C=CCOC(=O)[C@H]1[C@H]2C(=O)N([C@@H](CO)CC(C)C)C(C(=O)N(CC=C)CCCCC)C23CC[C@]1(C)O3. The van der Waals surface area contributed by atoms with Crippen LogP contribution in [0, 0.1) is 17.8 Å². The molecule has 2 bridgehead atoms. The van der Waals surface area contributed by atoms with Gasteiger partial charge in [-0.05, 0) is 38.5 Å². The number of carbonyl (C=O) groups excluding carboxylic acids is 3. The molecule has 1 spiro atoms. The summed E-state index contributed by atoms with van der Waals surface area (Å²) in [5.74, 6) is -2.45. The van der Waals surface area contributed by atoms with Gasteiger partial charge < -0.3 is 24.4 Å². The molecule has 8 heteroatoms. The van der Waals surface area contributed by atoms with Crippen molar-refractivity contribution in [1.82, 2.24) is 9.80 Å². The molecular formula is C28H44N2O6. The fraction of sp³-hybridized carbons (Fsp3) is 0.750. The highest BCUT2D eigenvalue weighted by atomic mass is 16.6. The summed E-state index contributed by atoms with van der Waals surface area (Å²) in [6.07, 6.45) is 7.62. The predicted molar refractivity (Wildman–Crippen MR) is 137 cm³/mol. The van der Waals surface area contributed by atoms with E-state index in [1.165, 1.54) is 6.08 Å². The van der Waals surface area contributed by atoms with Gasteiger partial charge in [-0.3, -0.25) is 14.4 Å². The Morgan fingerprint density at radius 3 is 2.58 bits per heavy atom. The summed E-state index contributed by atoms with van der Waals surface area (Å²) < 4.78 is 12.0. The third-order valence-corrected chi connectivity index (χ3v) is 8.09. The highest BCUT2D eigenvalue weighted by molar-refractivity contribution is 5.98. The Morgan fingerprint density at radius 1 is 1.28 bits per heavy atom. The second kappa shape index (κ2) is 11.5. The van der Waals surface area contributed by atoms with E-state index in [0.29, 0.717) is 32.4 Å². The van der Waals surface area contributed by atoms with Crippen molar-refractivity contribution in [2.75, 3.05) is 26.3 Å². The van der Waals surface area contributed by atoms with Crippen LogP contribution in [-0.4, -0.2) is 82.3 Å². The van der Waals surface area contributed by atoms with Gasteiger partial charge in [0.15, 0.2) is 0 Å². The Kier molecular flexibility index (Phi) is 9.04. The molecule has 0 radical (unpaired) electrons. The lowest BCUT2D eigenvalue weighted by molar-refractivity contribution is -0.161. The van der Waals surface area contributed by atoms with Gasteiger partial charge >= 0.3 is 5.97 Å². The van der Waals surface area contributed by atoms with E-state index in [1.54, 1.807) is 15.9 Å². The van der Waals surface area contributed by atoms with E-state index >= 15 is 0 Å². The van der Waals surface area contributed by atoms with Gasteiger partial charge in [0.2, 0.25) is 11.8 Å². The van der Waals surface area contributed by atoms with Crippen LogP contribution in [0.3, 0.4) is 0 Å². The van der Waals surface area contributed by atoms with Crippen LogP contribution in [0.2, 0.25) is 0 Å². The first-order valence-corrected chi connectivity index (χ1v) is 13.4. The molecule has 0 saturated carbocycles. The third-order valence-electron chi connectivity index (χ3n) is 8.09.